The van der Waals surface area contributed by atoms with Crippen LogP contribution in [-0.2, 0) is 10.0 Å². The lowest BCUT2D eigenvalue weighted by atomic mass is 10.1. The van der Waals surface area contributed by atoms with E-state index >= 15 is 0 Å². The van der Waals surface area contributed by atoms with Crippen LogP contribution in [0.25, 0.3) is 0 Å². The summed E-state index contributed by atoms with van der Waals surface area (Å²) in [5, 5.41) is 0. The number of hydrogen-bond donors (Lipinski definition) is 0. The van der Waals surface area contributed by atoms with Gasteiger partial charge >= 0.3 is 0 Å². The van der Waals surface area contributed by atoms with Crippen molar-refractivity contribution in [3.63, 3.8) is 0 Å². The molecule has 0 aromatic heterocycles. The first-order valence-corrected chi connectivity index (χ1v) is 10.1. The molecule has 0 saturated carbocycles. The Balaban J connectivity index is 1.67. The lowest BCUT2D eigenvalue weighted by Gasteiger charge is -2.37. The van der Waals surface area contributed by atoms with E-state index in [1.807, 2.05) is 4.90 Å². The number of nitrogens with zero attached hydrogens (tertiary/aromatic N) is 3. The molecule has 2 aliphatic rings. The third kappa shape index (κ3) is 3.42. The highest BCUT2D eigenvalue weighted by Gasteiger charge is 2.29. The van der Waals surface area contributed by atoms with E-state index < -0.39 is 10.0 Å². The molecule has 1 aromatic carbocycles. The average molecular weight is 351 g/mol. The van der Waals surface area contributed by atoms with Crippen LogP contribution in [0.15, 0.2) is 24.3 Å². The summed E-state index contributed by atoms with van der Waals surface area (Å²) in [5.74, 6) is 0.225. The van der Waals surface area contributed by atoms with E-state index in [9.17, 15) is 13.2 Å². The molecule has 1 amide bonds. The monoisotopic (exact) mass is 351 g/mol. The van der Waals surface area contributed by atoms with Gasteiger partial charge in [-0.15, -0.1) is 0 Å². The van der Waals surface area contributed by atoms with Crippen molar-refractivity contribution in [2.45, 2.75) is 26.3 Å². The Morgan fingerprint density at radius 3 is 2.12 bits per heavy atom. The first kappa shape index (κ1) is 17.2. The van der Waals surface area contributed by atoms with Crippen LogP contribution in [0.4, 0.5) is 5.69 Å². The van der Waals surface area contributed by atoms with Crippen LogP contribution in [0, 0.1) is 0 Å². The van der Waals surface area contributed by atoms with Gasteiger partial charge in [0.2, 0.25) is 10.0 Å². The second-order valence-corrected chi connectivity index (χ2v) is 8.72. The number of hydrogen-bond acceptors (Lipinski definition) is 4. The van der Waals surface area contributed by atoms with Crippen molar-refractivity contribution in [3.05, 3.63) is 29.8 Å². The number of carbonyl (C=O) groups excluding carboxylic acids is 1. The van der Waals surface area contributed by atoms with E-state index in [-0.39, 0.29) is 11.7 Å². The van der Waals surface area contributed by atoms with Gasteiger partial charge in [-0.05, 0) is 44.5 Å². The molecule has 2 heterocycles. The van der Waals surface area contributed by atoms with Crippen LogP contribution in [0.5, 0.6) is 0 Å². The summed E-state index contributed by atoms with van der Waals surface area (Å²) in [6.07, 6.45) is 0.656. The SMILES string of the molecule is CC(C)N1CCN(C(=O)c2ccc(N3CCCS3(=O)=O)cc2)CC1. The summed E-state index contributed by atoms with van der Waals surface area (Å²) < 4.78 is 25.4. The van der Waals surface area contributed by atoms with Gasteiger partial charge in [-0.25, -0.2) is 8.42 Å². The molecule has 0 radical (unpaired) electrons. The molecular formula is C17H25N3O3S. The summed E-state index contributed by atoms with van der Waals surface area (Å²) in [7, 11) is -3.18. The molecule has 2 fully saturated rings. The van der Waals surface area contributed by atoms with Crippen molar-refractivity contribution in [1.29, 1.82) is 0 Å². The van der Waals surface area contributed by atoms with E-state index in [1.54, 1.807) is 24.3 Å². The summed E-state index contributed by atoms with van der Waals surface area (Å²) >= 11 is 0. The lowest BCUT2D eigenvalue weighted by molar-refractivity contribution is 0.0595. The van der Waals surface area contributed by atoms with Crippen molar-refractivity contribution in [2.75, 3.05) is 42.8 Å². The predicted molar refractivity (Wildman–Crippen MR) is 94.8 cm³/mol. The van der Waals surface area contributed by atoms with E-state index in [4.69, 9.17) is 0 Å². The van der Waals surface area contributed by atoms with Crippen molar-refractivity contribution >= 4 is 21.6 Å². The molecule has 24 heavy (non-hydrogen) atoms. The molecule has 2 saturated heterocycles. The van der Waals surface area contributed by atoms with Crippen molar-refractivity contribution in [2.24, 2.45) is 0 Å². The normalized spacial score (nSPS) is 21.5. The number of amides is 1. The van der Waals surface area contributed by atoms with E-state index in [1.165, 1.54) is 4.31 Å². The minimum absolute atomic E-state index is 0.0224. The number of benzene rings is 1. The van der Waals surface area contributed by atoms with Gasteiger partial charge in [0.05, 0.1) is 11.4 Å². The Kier molecular flexibility index (Phi) is 4.83. The van der Waals surface area contributed by atoms with Crippen molar-refractivity contribution < 1.29 is 13.2 Å². The summed E-state index contributed by atoms with van der Waals surface area (Å²) in [6, 6.07) is 7.45. The minimum Gasteiger partial charge on any atom is -0.336 e. The zero-order valence-corrected chi connectivity index (χ0v) is 15.1. The van der Waals surface area contributed by atoms with Crippen LogP contribution >= 0.6 is 0 Å². The Hall–Kier alpha value is -1.60. The number of piperazine rings is 1. The fraction of sp³-hybridized carbons (Fsp3) is 0.588. The Labute approximate surface area is 144 Å². The van der Waals surface area contributed by atoms with Gasteiger partial charge in [0.1, 0.15) is 0 Å². The summed E-state index contributed by atoms with van der Waals surface area (Å²) in [4.78, 5) is 16.9. The standard InChI is InChI=1S/C17H25N3O3S/c1-14(2)18-9-11-19(12-10-18)17(21)15-4-6-16(7-5-15)20-8-3-13-24(20,22)23/h4-7,14H,3,8-13H2,1-2H3. The Morgan fingerprint density at radius 1 is 1.00 bits per heavy atom. The Morgan fingerprint density at radius 2 is 1.62 bits per heavy atom. The van der Waals surface area contributed by atoms with Gasteiger partial charge in [-0.2, -0.15) is 0 Å². The molecule has 0 bridgehead atoms. The second kappa shape index (κ2) is 6.72. The van der Waals surface area contributed by atoms with Crippen molar-refractivity contribution in [3.8, 4) is 0 Å². The molecule has 0 atom stereocenters. The third-order valence-corrected chi connectivity index (χ3v) is 6.70. The van der Waals surface area contributed by atoms with Gasteiger partial charge in [-0.3, -0.25) is 14.0 Å². The Bertz CT molecular complexity index is 692. The van der Waals surface area contributed by atoms with Gasteiger partial charge in [0, 0.05) is 44.3 Å². The fourth-order valence-corrected chi connectivity index (χ4v) is 4.89. The number of sulfonamides is 1. The number of anilines is 1. The largest absolute Gasteiger partial charge is 0.336 e. The highest BCUT2D eigenvalue weighted by Crippen LogP contribution is 2.24. The molecule has 3 rings (SSSR count). The van der Waals surface area contributed by atoms with E-state index in [2.05, 4.69) is 18.7 Å². The maximum Gasteiger partial charge on any atom is 0.253 e. The van der Waals surface area contributed by atoms with Gasteiger partial charge < -0.3 is 4.90 Å². The molecule has 1 aromatic rings. The van der Waals surface area contributed by atoms with Gasteiger partial charge in [0.25, 0.3) is 5.91 Å². The third-order valence-electron chi connectivity index (χ3n) is 4.83. The average Bonchev–Trinajstić information content (AvgIpc) is 2.93. The smallest absolute Gasteiger partial charge is 0.253 e. The maximum absolute atomic E-state index is 12.6. The number of carbonyl (C=O) groups is 1. The second-order valence-electron chi connectivity index (χ2n) is 6.71. The molecule has 0 N–H and O–H groups in total. The van der Waals surface area contributed by atoms with Gasteiger partial charge in [0.15, 0.2) is 0 Å². The summed E-state index contributed by atoms with van der Waals surface area (Å²) in [5.41, 5.74) is 1.27. The highest BCUT2D eigenvalue weighted by molar-refractivity contribution is 7.93. The van der Waals surface area contributed by atoms with Gasteiger partial charge in [-0.1, -0.05) is 0 Å². The van der Waals surface area contributed by atoms with Crippen molar-refractivity contribution in [1.82, 2.24) is 9.80 Å². The molecular weight excluding hydrogens is 326 g/mol. The van der Waals surface area contributed by atoms with Crippen LogP contribution in [0.3, 0.4) is 0 Å². The predicted octanol–water partition coefficient (Wildman–Crippen LogP) is 1.39. The quantitative estimate of drug-likeness (QED) is 0.826. The maximum atomic E-state index is 12.6. The van der Waals surface area contributed by atoms with E-state index in [0.29, 0.717) is 30.3 Å². The topological polar surface area (TPSA) is 60.9 Å². The first-order valence-electron chi connectivity index (χ1n) is 8.52. The molecule has 0 spiro atoms. The van der Waals surface area contributed by atoms with Crippen LogP contribution in [-0.4, -0.2) is 68.6 Å². The zero-order valence-electron chi connectivity index (χ0n) is 14.3. The van der Waals surface area contributed by atoms with Crippen LogP contribution < -0.4 is 4.31 Å². The lowest BCUT2D eigenvalue weighted by Crippen LogP contribution is -2.50. The van der Waals surface area contributed by atoms with Crippen LogP contribution in [0.2, 0.25) is 0 Å². The van der Waals surface area contributed by atoms with Crippen LogP contribution in [0.1, 0.15) is 30.6 Å². The molecule has 0 aliphatic carbocycles. The minimum atomic E-state index is -3.18. The molecule has 132 valence electrons. The number of rotatable bonds is 3. The highest BCUT2D eigenvalue weighted by atomic mass is 32.2. The molecule has 7 heteroatoms. The van der Waals surface area contributed by atoms with E-state index in [0.717, 1.165) is 26.2 Å². The zero-order chi connectivity index (χ0) is 17.3. The molecule has 0 unspecified atom stereocenters. The molecule has 6 nitrogen and oxygen atoms in total. The first-order chi connectivity index (χ1) is 11.4. The summed E-state index contributed by atoms with van der Waals surface area (Å²) in [6.45, 7) is 8.12. The molecule has 2 aliphatic heterocycles. The fourth-order valence-electron chi connectivity index (χ4n) is 3.32.